The number of hydrogen-bond acceptors (Lipinski definition) is 5. The van der Waals surface area contributed by atoms with Crippen LogP contribution in [0.2, 0.25) is 0 Å². The van der Waals surface area contributed by atoms with Gasteiger partial charge < -0.3 is 14.5 Å². The number of aromatic nitrogens is 1. The molecule has 0 radical (unpaired) electrons. The normalized spacial score (nSPS) is 18.8. The number of carbonyl (C=O) groups is 2. The van der Waals surface area contributed by atoms with Crippen molar-refractivity contribution < 1.29 is 14.3 Å². The highest BCUT2D eigenvalue weighted by atomic mass is 16.5. The first-order chi connectivity index (χ1) is 14.1. The predicted molar refractivity (Wildman–Crippen MR) is 111 cm³/mol. The van der Waals surface area contributed by atoms with Gasteiger partial charge in [-0.2, -0.15) is 0 Å². The molecule has 2 aromatic rings. The number of nitrogens with zero attached hydrogens (tertiary/aromatic N) is 4. The quantitative estimate of drug-likeness (QED) is 0.791. The highest BCUT2D eigenvalue weighted by Gasteiger charge is 2.31. The van der Waals surface area contributed by atoms with Crippen LogP contribution in [-0.2, 0) is 4.79 Å². The van der Waals surface area contributed by atoms with Crippen LogP contribution in [0.15, 0.2) is 30.3 Å². The number of piperazine rings is 1. The highest BCUT2D eigenvalue weighted by Crippen LogP contribution is 2.24. The number of pyridine rings is 1. The third kappa shape index (κ3) is 3.92. The second-order valence-electron chi connectivity index (χ2n) is 7.77. The lowest BCUT2D eigenvalue weighted by atomic mass is 10.1. The Bertz CT molecular complexity index is 902. The summed E-state index contributed by atoms with van der Waals surface area (Å²) in [6.07, 6.45) is 2.20. The largest absolute Gasteiger partial charge is 0.481 e. The van der Waals surface area contributed by atoms with Gasteiger partial charge in [0.05, 0.1) is 24.2 Å². The zero-order valence-corrected chi connectivity index (χ0v) is 17.1. The van der Waals surface area contributed by atoms with E-state index in [-0.39, 0.29) is 17.9 Å². The maximum atomic E-state index is 13.3. The SMILES string of the molecule is COc1cc(C(=O)N2CCN(C(C)C(=O)N3CCCC3)CC2)c2ccccc2n1. The summed E-state index contributed by atoms with van der Waals surface area (Å²) in [5.74, 6) is 0.641. The van der Waals surface area contributed by atoms with Crippen molar-refractivity contribution in [1.82, 2.24) is 19.7 Å². The van der Waals surface area contributed by atoms with Gasteiger partial charge >= 0.3 is 0 Å². The van der Waals surface area contributed by atoms with Crippen molar-refractivity contribution >= 4 is 22.7 Å². The fraction of sp³-hybridized carbons (Fsp3) is 0.500. The van der Waals surface area contributed by atoms with E-state index in [2.05, 4.69) is 9.88 Å². The van der Waals surface area contributed by atoms with Gasteiger partial charge in [0, 0.05) is 50.7 Å². The van der Waals surface area contributed by atoms with Crippen molar-refractivity contribution in [2.45, 2.75) is 25.8 Å². The number of carbonyl (C=O) groups excluding carboxylic acids is 2. The van der Waals surface area contributed by atoms with Gasteiger partial charge in [0.25, 0.3) is 5.91 Å². The number of amides is 2. The lowest BCUT2D eigenvalue weighted by Gasteiger charge is -2.38. The second-order valence-corrected chi connectivity index (χ2v) is 7.77. The van der Waals surface area contributed by atoms with Gasteiger partial charge in [-0.15, -0.1) is 0 Å². The van der Waals surface area contributed by atoms with E-state index in [0.29, 0.717) is 37.6 Å². The van der Waals surface area contributed by atoms with Crippen molar-refractivity contribution in [3.8, 4) is 5.88 Å². The molecule has 0 saturated carbocycles. The Morgan fingerprint density at radius 1 is 1.00 bits per heavy atom. The Morgan fingerprint density at radius 3 is 2.38 bits per heavy atom. The molecule has 3 heterocycles. The number of benzene rings is 1. The van der Waals surface area contributed by atoms with Crippen LogP contribution in [-0.4, -0.2) is 83.9 Å². The molecule has 2 aliphatic rings. The molecule has 2 saturated heterocycles. The van der Waals surface area contributed by atoms with E-state index in [0.717, 1.165) is 36.8 Å². The summed E-state index contributed by atoms with van der Waals surface area (Å²) in [4.78, 5) is 36.4. The van der Waals surface area contributed by atoms with Crippen LogP contribution in [0, 0.1) is 0 Å². The van der Waals surface area contributed by atoms with Gasteiger partial charge in [0.1, 0.15) is 0 Å². The molecule has 0 aliphatic carbocycles. The summed E-state index contributed by atoms with van der Waals surface area (Å²) < 4.78 is 5.29. The molecule has 1 unspecified atom stereocenters. The topological polar surface area (TPSA) is 66.0 Å². The Morgan fingerprint density at radius 2 is 1.69 bits per heavy atom. The maximum absolute atomic E-state index is 13.3. The lowest BCUT2D eigenvalue weighted by Crippen LogP contribution is -2.55. The average molecular weight is 396 g/mol. The fourth-order valence-electron chi connectivity index (χ4n) is 4.27. The molecule has 0 N–H and O–H groups in total. The van der Waals surface area contributed by atoms with Crippen LogP contribution in [0.3, 0.4) is 0 Å². The van der Waals surface area contributed by atoms with Gasteiger partial charge in [-0.05, 0) is 25.8 Å². The van der Waals surface area contributed by atoms with Gasteiger partial charge in [-0.3, -0.25) is 14.5 Å². The van der Waals surface area contributed by atoms with E-state index >= 15 is 0 Å². The molecule has 29 heavy (non-hydrogen) atoms. The maximum Gasteiger partial charge on any atom is 0.254 e. The molecular weight excluding hydrogens is 368 g/mol. The first-order valence-electron chi connectivity index (χ1n) is 10.3. The Hall–Kier alpha value is -2.67. The number of hydrogen-bond donors (Lipinski definition) is 0. The summed E-state index contributed by atoms with van der Waals surface area (Å²) >= 11 is 0. The standard InChI is InChI=1S/C22H28N4O3/c1-16(21(27)25-9-5-6-10-25)24-11-13-26(14-12-24)22(28)18-15-20(29-2)23-19-8-4-3-7-17(18)19/h3-4,7-8,15-16H,5-6,9-14H2,1-2H3. The number of methoxy groups -OCH3 is 1. The molecule has 2 amide bonds. The van der Waals surface area contributed by atoms with Crippen molar-refractivity contribution in [2.24, 2.45) is 0 Å². The zero-order valence-electron chi connectivity index (χ0n) is 17.1. The first kappa shape index (κ1) is 19.6. The molecule has 7 nitrogen and oxygen atoms in total. The minimum Gasteiger partial charge on any atom is -0.481 e. The van der Waals surface area contributed by atoms with Gasteiger partial charge in [-0.1, -0.05) is 18.2 Å². The second kappa shape index (κ2) is 8.37. The minimum absolute atomic E-state index is 0.0138. The van der Waals surface area contributed by atoms with Crippen LogP contribution in [0.5, 0.6) is 5.88 Å². The molecule has 2 aliphatic heterocycles. The summed E-state index contributed by atoms with van der Waals surface area (Å²) in [6, 6.07) is 9.21. The molecule has 4 rings (SSSR count). The molecule has 1 aromatic carbocycles. The zero-order chi connectivity index (χ0) is 20.4. The molecule has 1 atom stereocenters. The van der Waals surface area contributed by atoms with Crippen LogP contribution in [0.1, 0.15) is 30.1 Å². The van der Waals surface area contributed by atoms with Crippen LogP contribution in [0.25, 0.3) is 10.9 Å². The fourth-order valence-corrected chi connectivity index (χ4v) is 4.27. The molecule has 7 heteroatoms. The van der Waals surface area contributed by atoms with Gasteiger partial charge in [-0.25, -0.2) is 4.98 Å². The minimum atomic E-state index is -0.132. The van der Waals surface area contributed by atoms with Crippen molar-refractivity contribution in [2.75, 3.05) is 46.4 Å². The van der Waals surface area contributed by atoms with Crippen molar-refractivity contribution in [3.63, 3.8) is 0 Å². The van der Waals surface area contributed by atoms with Crippen LogP contribution < -0.4 is 4.74 Å². The van der Waals surface area contributed by atoms with E-state index in [1.807, 2.05) is 41.0 Å². The van der Waals surface area contributed by atoms with E-state index in [1.54, 1.807) is 13.2 Å². The third-order valence-corrected chi connectivity index (χ3v) is 6.06. The van der Waals surface area contributed by atoms with Crippen LogP contribution in [0.4, 0.5) is 0 Å². The van der Waals surface area contributed by atoms with E-state index in [4.69, 9.17) is 4.74 Å². The van der Waals surface area contributed by atoms with Crippen molar-refractivity contribution in [3.05, 3.63) is 35.9 Å². The Kier molecular flexibility index (Phi) is 5.67. The van der Waals surface area contributed by atoms with Crippen molar-refractivity contribution in [1.29, 1.82) is 0 Å². The summed E-state index contributed by atoms with van der Waals surface area (Å²) in [7, 11) is 1.56. The smallest absolute Gasteiger partial charge is 0.254 e. The number of ether oxygens (including phenoxy) is 1. The molecule has 0 bridgehead atoms. The monoisotopic (exact) mass is 396 g/mol. The highest BCUT2D eigenvalue weighted by molar-refractivity contribution is 6.06. The summed E-state index contributed by atoms with van der Waals surface area (Å²) in [6.45, 7) is 6.35. The molecule has 1 aromatic heterocycles. The lowest BCUT2D eigenvalue weighted by molar-refractivity contribution is -0.135. The summed E-state index contributed by atoms with van der Waals surface area (Å²) in [5, 5.41) is 0.832. The number of likely N-dealkylation sites (tertiary alicyclic amines) is 1. The average Bonchev–Trinajstić information content (AvgIpc) is 3.32. The Balaban J connectivity index is 1.45. The number of fused-ring (bicyclic) bond motifs is 1. The number of para-hydroxylation sites is 1. The Labute approximate surface area is 171 Å². The third-order valence-electron chi connectivity index (χ3n) is 6.06. The molecule has 2 fully saturated rings. The number of rotatable bonds is 4. The van der Waals surface area contributed by atoms with E-state index in [1.165, 1.54) is 0 Å². The van der Waals surface area contributed by atoms with Gasteiger partial charge in [0.15, 0.2) is 0 Å². The molecule has 0 spiro atoms. The first-order valence-corrected chi connectivity index (χ1v) is 10.3. The molecular formula is C22H28N4O3. The van der Waals surface area contributed by atoms with E-state index in [9.17, 15) is 9.59 Å². The van der Waals surface area contributed by atoms with Crippen LogP contribution >= 0.6 is 0 Å². The van der Waals surface area contributed by atoms with E-state index < -0.39 is 0 Å². The predicted octanol–water partition coefficient (Wildman–Crippen LogP) is 2.01. The summed E-state index contributed by atoms with van der Waals surface area (Å²) in [5.41, 5.74) is 1.36. The molecule has 154 valence electrons. The van der Waals surface area contributed by atoms with Gasteiger partial charge in [0.2, 0.25) is 11.8 Å².